The van der Waals surface area contributed by atoms with Gasteiger partial charge in [0.25, 0.3) is 0 Å². The summed E-state index contributed by atoms with van der Waals surface area (Å²) in [6.45, 7) is 0.960. The SMILES string of the molecule is Cl.O=C(CC1CCCN1)NC(c1ccccc1)c1ccc(Br)cc1F. The highest BCUT2D eigenvalue weighted by atomic mass is 79.9. The van der Waals surface area contributed by atoms with Crippen LogP contribution in [0.15, 0.2) is 53.0 Å². The van der Waals surface area contributed by atoms with Gasteiger partial charge in [-0.1, -0.05) is 52.3 Å². The van der Waals surface area contributed by atoms with Crippen molar-refractivity contribution in [2.24, 2.45) is 0 Å². The first kappa shape index (κ1) is 19.9. The summed E-state index contributed by atoms with van der Waals surface area (Å²) in [5.41, 5.74) is 1.34. The van der Waals surface area contributed by atoms with Gasteiger partial charge in [0.05, 0.1) is 6.04 Å². The van der Waals surface area contributed by atoms with Crippen LogP contribution >= 0.6 is 28.3 Å². The van der Waals surface area contributed by atoms with E-state index >= 15 is 0 Å². The monoisotopic (exact) mass is 426 g/mol. The molecule has 1 aliphatic heterocycles. The molecule has 2 unspecified atom stereocenters. The van der Waals surface area contributed by atoms with Gasteiger partial charge in [0, 0.05) is 22.5 Å². The molecular weight excluding hydrogens is 407 g/mol. The van der Waals surface area contributed by atoms with Gasteiger partial charge in [-0.2, -0.15) is 0 Å². The van der Waals surface area contributed by atoms with Crippen LogP contribution in [0.3, 0.4) is 0 Å². The summed E-state index contributed by atoms with van der Waals surface area (Å²) in [4.78, 5) is 12.5. The molecule has 1 aliphatic rings. The first-order valence-corrected chi connectivity index (χ1v) is 8.95. The van der Waals surface area contributed by atoms with E-state index in [1.807, 2.05) is 30.3 Å². The van der Waals surface area contributed by atoms with E-state index in [4.69, 9.17) is 0 Å². The maximum Gasteiger partial charge on any atom is 0.222 e. The molecule has 0 saturated carbocycles. The number of rotatable bonds is 5. The molecule has 0 spiro atoms. The summed E-state index contributed by atoms with van der Waals surface area (Å²) in [7, 11) is 0. The Kier molecular flexibility index (Phi) is 7.41. The Morgan fingerprint density at radius 2 is 2.04 bits per heavy atom. The Morgan fingerprint density at radius 3 is 2.68 bits per heavy atom. The Morgan fingerprint density at radius 1 is 1.28 bits per heavy atom. The number of amides is 1. The summed E-state index contributed by atoms with van der Waals surface area (Å²) >= 11 is 3.28. The average molecular weight is 428 g/mol. The Hall–Kier alpha value is -1.43. The highest BCUT2D eigenvalue weighted by molar-refractivity contribution is 9.10. The lowest BCUT2D eigenvalue weighted by atomic mass is 9.97. The molecule has 0 aromatic heterocycles. The van der Waals surface area contributed by atoms with E-state index in [1.165, 1.54) is 6.07 Å². The second-order valence-corrected chi connectivity index (χ2v) is 6.99. The van der Waals surface area contributed by atoms with Crippen molar-refractivity contribution < 1.29 is 9.18 Å². The fraction of sp³-hybridized carbons (Fsp3) is 0.316. The van der Waals surface area contributed by atoms with E-state index in [0.29, 0.717) is 16.5 Å². The molecule has 3 nitrogen and oxygen atoms in total. The maximum absolute atomic E-state index is 14.4. The molecule has 3 rings (SSSR count). The molecule has 1 heterocycles. The largest absolute Gasteiger partial charge is 0.345 e. The number of nitrogens with one attached hydrogen (secondary N) is 2. The van der Waals surface area contributed by atoms with E-state index < -0.39 is 6.04 Å². The molecule has 1 saturated heterocycles. The van der Waals surface area contributed by atoms with Gasteiger partial charge in [-0.25, -0.2) is 4.39 Å². The highest BCUT2D eigenvalue weighted by Gasteiger charge is 2.23. The van der Waals surface area contributed by atoms with Gasteiger partial charge in [0.2, 0.25) is 5.91 Å². The van der Waals surface area contributed by atoms with E-state index in [9.17, 15) is 9.18 Å². The van der Waals surface area contributed by atoms with Crippen LogP contribution in [0.5, 0.6) is 0 Å². The molecule has 2 atom stereocenters. The van der Waals surface area contributed by atoms with Crippen molar-refractivity contribution in [1.82, 2.24) is 10.6 Å². The van der Waals surface area contributed by atoms with Crippen molar-refractivity contribution in [3.8, 4) is 0 Å². The third kappa shape index (κ3) is 5.27. The highest BCUT2D eigenvalue weighted by Crippen LogP contribution is 2.27. The van der Waals surface area contributed by atoms with Crippen molar-refractivity contribution in [1.29, 1.82) is 0 Å². The third-order valence-corrected chi connectivity index (χ3v) is 4.80. The van der Waals surface area contributed by atoms with Crippen molar-refractivity contribution in [2.45, 2.75) is 31.3 Å². The number of hydrogen-bond acceptors (Lipinski definition) is 2. The third-order valence-electron chi connectivity index (χ3n) is 4.31. The van der Waals surface area contributed by atoms with Gasteiger partial charge < -0.3 is 10.6 Å². The number of carbonyl (C=O) groups is 1. The molecule has 2 aromatic carbocycles. The van der Waals surface area contributed by atoms with Crippen LogP contribution in [-0.2, 0) is 4.79 Å². The van der Waals surface area contributed by atoms with E-state index in [1.54, 1.807) is 12.1 Å². The van der Waals surface area contributed by atoms with Crippen LogP contribution in [0.2, 0.25) is 0 Å². The van der Waals surface area contributed by atoms with Gasteiger partial charge in [0.15, 0.2) is 0 Å². The van der Waals surface area contributed by atoms with Crippen molar-refractivity contribution in [3.05, 3.63) is 69.9 Å². The summed E-state index contributed by atoms with van der Waals surface area (Å²) in [6.07, 6.45) is 2.53. The molecule has 2 aromatic rings. The molecule has 0 bridgehead atoms. The predicted octanol–water partition coefficient (Wildman–Crippen LogP) is 4.36. The van der Waals surface area contributed by atoms with E-state index in [-0.39, 0.29) is 30.2 Å². The lowest BCUT2D eigenvalue weighted by Gasteiger charge is -2.21. The summed E-state index contributed by atoms with van der Waals surface area (Å²) < 4.78 is 15.1. The van der Waals surface area contributed by atoms with Crippen LogP contribution in [-0.4, -0.2) is 18.5 Å². The van der Waals surface area contributed by atoms with Crippen molar-refractivity contribution in [3.63, 3.8) is 0 Å². The molecule has 25 heavy (non-hydrogen) atoms. The second-order valence-electron chi connectivity index (χ2n) is 6.07. The molecule has 1 fully saturated rings. The number of halogens is 3. The first-order chi connectivity index (χ1) is 11.6. The smallest absolute Gasteiger partial charge is 0.222 e. The molecule has 6 heteroatoms. The zero-order valence-corrected chi connectivity index (χ0v) is 16.1. The first-order valence-electron chi connectivity index (χ1n) is 8.16. The van der Waals surface area contributed by atoms with Gasteiger partial charge in [-0.15, -0.1) is 12.4 Å². The topological polar surface area (TPSA) is 41.1 Å². The van der Waals surface area contributed by atoms with E-state index in [2.05, 4.69) is 26.6 Å². The molecular formula is C19H21BrClFN2O. The van der Waals surface area contributed by atoms with Gasteiger partial charge in [-0.05, 0) is 37.1 Å². The Bertz CT molecular complexity index is 708. The van der Waals surface area contributed by atoms with Crippen molar-refractivity contribution in [2.75, 3.05) is 6.54 Å². The minimum atomic E-state index is -0.492. The normalized spacial score (nSPS) is 17.6. The second kappa shape index (κ2) is 9.32. The van der Waals surface area contributed by atoms with Gasteiger partial charge in [0.1, 0.15) is 5.82 Å². The van der Waals surface area contributed by atoms with Crippen LogP contribution in [0, 0.1) is 5.82 Å². The Balaban J connectivity index is 0.00000225. The number of hydrogen-bond donors (Lipinski definition) is 2. The zero-order valence-electron chi connectivity index (χ0n) is 13.7. The fourth-order valence-corrected chi connectivity index (χ4v) is 3.43. The van der Waals surface area contributed by atoms with Crippen LogP contribution in [0.1, 0.15) is 36.4 Å². The maximum atomic E-state index is 14.4. The summed E-state index contributed by atoms with van der Waals surface area (Å²) in [5.74, 6) is -0.400. The number of benzene rings is 2. The van der Waals surface area contributed by atoms with Gasteiger partial charge >= 0.3 is 0 Å². The lowest BCUT2D eigenvalue weighted by molar-refractivity contribution is -0.122. The average Bonchev–Trinajstić information content (AvgIpc) is 3.07. The summed E-state index contributed by atoms with van der Waals surface area (Å²) in [6, 6.07) is 14.2. The molecule has 134 valence electrons. The van der Waals surface area contributed by atoms with Gasteiger partial charge in [-0.3, -0.25) is 4.79 Å². The van der Waals surface area contributed by atoms with E-state index in [0.717, 1.165) is 24.9 Å². The fourth-order valence-electron chi connectivity index (χ4n) is 3.10. The minimum Gasteiger partial charge on any atom is -0.345 e. The summed E-state index contributed by atoms with van der Waals surface area (Å²) in [5, 5.41) is 6.32. The predicted molar refractivity (Wildman–Crippen MR) is 103 cm³/mol. The standard InChI is InChI=1S/C19H20BrFN2O.ClH/c20-14-8-9-16(17(21)11-14)19(13-5-2-1-3-6-13)23-18(24)12-15-7-4-10-22-15;/h1-3,5-6,8-9,11,15,19,22H,4,7,10,12H2,(H,23,24);1H. The molecule has 1 amide bonds. The lowest BCUT2D eigenvalue weighted by Crippen LogP contribution is -2.35. The minimum absolute atomic E-state index is 0. The molecule has 0 aliphatic carbocycles. The molecule has 0 radical (unpaired) electrons. The van der Waals surface area contributed by atoms with Crippen LogP contribution in [0.4, 0.5) is 4.39 Å². The van der Waals surface area contributed by atoms with Crippen LogP contribution < -0.4 is 10.6 Å². The van der Waals surface area contributed by atoms with Crippen molar-refractivity contribution >= 4 is 34.2 Å². The molecule has 2 N–H and O–H groups in total. The zero-order chi connectivity index (χ0) is 16.9. The van der Waals surface area contributed by atoms with Crippen LogP contribution in [0.25, 0.3) is 0 Å². The quantitative estimate of drug-likeness (QED) is 0.744. The number of carbonyl (C=O) groups excluding carboxylic acids is 1. The Labute approximate surface area is 161 Å².